The highest BCUT2D eigenvalue weighted by molar-refractivity contribution is 5.78. The molecule has 2 aromatic rings. The number of hydrogen-bond acceptors (Lipinski definition) is 2. The van der Waals surface area contributed by atoms with Crippen LogP contribution in [0.1, 0.15) is 43.0 Å². The van der Waals surface area contributed by atoms with E-state index < -0.39 is 0 Å². The van der Waals surface area contributed by atoms with E-state index in [1.54, 1.807) is 12.1 Å². The van der Waals surface area contributed by atoms with Gasteiger partial charge >= 0.3 is 0 Å². The third-order valence-electron chi connectivity index (χ3n) is 4.64. The standard InChI is InChI=1S/C20H23FN2O/c1-15(16-9-11-18(21)12-10-16)22-20(24)14-23-13-5-8-19(23)17-6-3-2-4-7-17/h2-4,6-7,9-12,15,19H,5,8,13-14H2,1H3,(H,22,24)/t15-,19-/m0/s1. The molecule has 0 aromatic heterocycles. The Bertz CT molecular complexity index is 672. The zero-order valence-electron chi connectivity index (χ0n) is 13.9. The maximum Gasteiger partial charge on any atom is 0.234 e. The summed E-state index contributed by atoms with van der Waals surface area (Å²) in [6.07, 6.45) is 2.20. The van der Waals surface area contributed by atoms with Gasteiger partial charge in [-0.25, -0.2) is 4.39 Å². The lowest BCUT2D eigenvalue weighted by molar-refractivity contribution is -0.123. The summed E-state index contributed by atoms with van der Waals surface area (Å²) in [4.78, 5) is 14.6. The van der Waals surface area contributed by atoms with Gasteiger partial charge in [-0.15, -0.1) is 0 Å². The van der Waals surface area contributed by atoms with E-state index in [0.717, 1.165) is 24.9 Å². The minimum Gasteiger partial charge on any atom is -0.348 e. The molecule has 0 spiro atoms. The second-order valence-electron chi connectivity index (χ2n) is 6.38. The van der Waals surface area contributed by atoms with Gasteiger partial charge in [-0.3, -0.25) is 9.69 Å². The zero-order chi connectivity index (χ0) is 16.9. The van der Waals surface area contributed by atoms with Crippen molar-refractivity contribution in [1.82, 2.24) is 10.2 Å². The van der Waals surface area contributed by atoms with Gasteiger partial charge in [0, 0.05) is 6.04 Å². The first kappa shape index (κ1) is 16.7. The SMILES string of the molecule is C[C@H](NC(=O)CN1CCC[C@H]1c1ccccc1)c1ccc(F)cc1. The first-order chi connectivity index (χ1) is 11.6. The molecule has 1 N–H and O–H groups in total. The molecular weight excluding hydrogens is 303 g/mol. The Labute approximate surface area is 142 Å². The fraction of sp³-hybridized carbons (Fsp3) is 0.350. The Balaban J connectivity index is 1.59. The summed E-state index contributed by atoms with van der Waals surface area (Å²) in [5.41, 5.74) is 2.18. The van der Waals surface area contributed by atoms with Gasteiger partial charge in [0.25, 0.3) is 0 Å². The third-order valence-corrected chi connectivity index (χ3v) is 4.64. The lowest BCUT2D eigenvalue weighted by Crippen LogP contribution is -2.38. The summed E-state index contributed by atoms with van der Waals surface area (Å²) >= 11 is 0. The maximum atomic E-state index is 13.0. The van der Waals surface area contributed by atoms with Gasteiger partial charge in [-0.1, -0.05) is 42.5 Å². The molecule has 0 unspecified atom stereocenters. The molecule has 1 amide bonds. The number of halogens is 1. The quantitative estimate of drug-likeness (QED) is 0.905. The summed E-state index contributed by atoms with van der Waals surface area (Å²) < 4.78 is 13.0. The largest absolute Gasteiger partial charge is 0.348 e. The van der Waals surface area contributed by atoms with Crippen LogP contribution in [0.3, 0.4) is 0 Å². The molecule has 1 heterocycles. The number of nitrogens with one attached hydrogen (secondary N) is 1. The number of rotatable bonds is 5. The molecule has 1 aliphatic heterocycles. The molecule has 1 saturated heterocycles. The van der Waals surface area contributed by atoms with Gasteiger partial charge < -0.3 is 5.32 Å². The Hall–Kier alpha value is -2.20. The van der Waals surface area contributed by atoms with Crippen LogP contribution in [0, 0.1) is 5.82 Å². The van der Waals surface area contributed by atoms with Crippen molar-refractivity contribution in [2.45, 2.75) is 31.8 Å². The molecule has 24 heavy (non-hydrogen) atoms. The molecule has 3 nitrogen and oxygen atoms in total. The lowest BCUT2D eigenvalue weighted by Gasteiger charge is -2.25. The monoisotopic (exact) mass is 326 g/mol. The van der Waals surface area contributed by atoms with Crippen LogP contribution in [-0.4, -0.2) is 23.9 Å². The van der Waals surface area contributed by atoms with E-state index in [-0.39, 0.29) is 17.8 Å². The van der Waals surface area contributed by atoms with Crippen molar-refractivity contribution in [2.75, 3.05) is 13.1 Å². The minimum atomic E-state index is -0.264. The molecule has 0 saturated carbocycles. The average molecular weight is 326 g/mol. The second kappa shape index (κ2) is 7.58. The molecule has 2 aromatic carbocycles. The van der Waals surface area contributed by atoms with Crippen LogP contribution < -0.4 is 5.32 Å². The van der Waals surface area contributed by atoms with Crippen molar-refractivity contribution in [3.63, 3.8) is 0 Å². The fourth-order valence-corrected chi connectivity index (χ4v) is 3.37. The van der Waals surface area contributed by atoms with E-state index in [0.29, 0.717) is 12.6 Å². The Morgan fingerprint density at radius 2 is 1.92 bits per heavy atom. The van der Waals surface area contributed by atoms with Crippen LogP contribution >= 0.6 is 0 Å². The number of carbonyl (C=O) groups excluding carboxylic acids is 1. The molecule has 3 rings (SSSR count). The number of amides is 1. The van der Waals surface area contributed by atoms with Crippen LogP contribution in [0.5, 0.6) is 0 Å². The normalized spacial score (nSPS) is 19.2. The Kier molecular flexibility index (Phi) is 5.26. The van der Waals surface area contributed by atoms with Gasteiger partial charge in [-0.05, 0) is 49.6 Å². The van der Waals surface area contributed by atoms with Gasteiger partial charge in [0.15, 0.2) is 0 Å². The van der Waals surface area contributed by atoms with Crippen molar-refractivity contribution < 1.29 is 9.18 Å². The van der Waals surface area contributed by atoms with E-state index >= 15 is 0 Å². The van der Waals surface area contributed by atoms with E-state index in [1.165, 1.54) is 17.7 Å². The summed E-state index contributed by atoms with van der Waals surface area (Å²) in [6.45, 7) is 3.26. The highest BCUT2D eigenvalue weighted by atomic mass is 19.1. The predicted octanol–water partition coefficient (Wildman–Crippen LogP) is 3.84. The van der Waals surface area contributed by atoms with Gasteiger partial charge in [0.2, 0.25) is 5.91 Å². The number of hydrogen-bond donors (Lipinski definition) is 1. The van der Waals surface area contributed by atoms with Crippen LogP contribution in [0.4, 0.5) is 4.39 Å². The number of carbonyl (C=O) groups is 1. The van der Waals surface area contributed by atoms with Crippen molar-refractivity contribution in [1.29, 1.82) is 0 Å². The van der Waals surface area contributed by atoms with E-state index in [2.05, 4.69) is 22.3 Å². The van der Waals surface area contributed by atoms with Crippen molar-refractivity contribution in [3.8, 4) is 0 Å². The van der Waals surface area contributed by atoms with E-state index in [9.17, 15) is 9.18 Å². The number of nitrogens with zero attached hydrogens (tertiary/aromatic N) is 1. The smallest absolute Gasteiger partial charge is 0.234 e. The predicted molar refractivity (Wildman–Crippen MR) is 92.9 cm³/mol. The molecule has 4 heteroatoms. The highest BCUT2D eigenvalue weighted by Crippen LogP contribution is 2.31. The third kappa shape index (κ3) is 4.01. The summed E-state index contributed by atoms with van der Waals surface area (Å²) in [6, 6.07) is 16.8. The molecule has 0 radical (unpaired) electrons. The summed E-state index contributed by atoms with van der Waals surface area (Å²) in [5.74, 6) is -0.255. The maximum absolute atomic E-state index is 13.0. The molecule has 0 aliphatic carbocycles. The molecule has 1 fully saturated rings. The zero-order valence-corrected chi connectivity index (χ0v) is 13.9. The topological polar surface area (TPSA) is 32.3 Å². The lowest BCUT2D eigenvalue weighted by atomic mass is 10.0. The second-order valence-corrected chi connectivity index (χ2v) is 6.38. The van der Waals surface area contributed by atoms with Crippen molar-refractivity contribution in [3.05, 3.63) is 71.5 Å². The van der Waals surface area contributed by atoms with Gasteiger partial charge in [0.1, 0.15) is 5.82 Å². The molecular formula is C20H23FN2O. The fourth-order valence-electron chi connectivity index (χ4n) is 3.37. The summed E-state index contributed by atoms with van der Waals surface area (Å²) in [5, 5.41) is 3.01. The van der Waals surface area contributed by atoms with Crippen molar-refractivity contribution in [2.24, 2.45) is 0 Å². The molecule has 126 valence electrons. The van der Waals surface area contributed by atoms with Crippen LogP contribution in [0.15, 0.2) is 54.6 Å². The molecule has 2 atom stereocenters. The summed E-state index contributed by atoms with van der Waals surface area (Å²) in [7, 11) is 0. The van der Waals surface area contributed by atoms with Crippen LogP contribution in [0.25, 0.3) is 0 Å². The van der Waals surface area contributed by atoms with Crippen LogP contribution in [-0.2, 0) is 4.79 Å². The van der Waals surface area contributed by atoms with E-state index in [1.807, 2.05) is 25.1 Å². The average Bonchev–Trinajstić information content (AvgIpc) is 3.04. The van der Waals surface area contributed by atoms with Gasteiger partial charge in [-0.2, -0.15) is 0 Å². The first-order valence-corrected chi connectivity index (χ1v) is 8.47. The first-order valence-electron chi connectivity index (χ1n) is 8.47. The van der Waals surface area contributed by atoms with Gasteiger partial charge in [0.05, 0.1) is 12.6 Å². The van der Waals surface area contributed by atoms with Crippen molar-refractivity contribution >= 4 is 5.91 Å². The van der Waals surface area contributed by atoms with Crippen LogP contribution in [0.2, 0.25) is 0 Å². The van der Waals surface area contributed by atoms with E-state index in [4.69, 9.17) is 0 Å². The molecule has 0 bridgehead atoms. The minimum absolute atomic E-state index is 0.00894. The number of likely N-dealkylation sites (tertiary alicyclic amines) is 1. The Morgan fingerprint density at radius 3 is 2.62 bits per heavy atom. The highest BCUT2D eigenvalue weighted by Gasteiger charge is 2.27. The molecule has 1 aliphatic rings. The number of benzene rings is 2. The Morgan fingerprint density at radius 1 is 1.21 bits per heavy atom.